The lowest BCUT2D eigenvalue weighted by Crippen LogP contribution is -2.34. The van der Waals surface area contributed by atoms with E-state index < -0.39 is 12.1 Å². The zero-order valence-corrected chi connectivity index (χ0v) is 24.8. The Balaban J connectivity index is 1.38. The number of rotatable bonds is 9. The fraction of sp³-hybridized carbons (Fsp3) is 0.323. The van der Waals surface area contributed by atoms with Crippen LogP contribution >= 0.6 is 23.2 Å². The minimum atomic E-state index is -0.570. The van der Waals surface area contributed by atoms with Crippen LogP contribution in [0.4, 0.5) is 10.5 Å². The van der Waals surface area contributed by atoms with E-state index in [1.165, 1.54) is 30.9 Å². The van der Waals surface area contributed by atoms with Gasteiger partial charge in [-0.05, 0) is 85.1 Å². The summed E-state index contributed by atoms with van der Waals surface area (Å²) < 4.78 is 5.53. The fourth-order valence-electron chi connectivity index (χ4n) is 5.25. The third-order valence-electron chi connectivity index (χ3n) is 7.29. The molecule has 9 nitrogen and oxygen atoms in total. The monoisotopic (exact) mass is 606 g/mol. The lowest BCUT2D eigenvalue weighted by atomic mass is 9.88. The quantitative estimate of drug-likeness (QED) is 0.244. The molecule has 2 aromatic carbocycles. The summed E-state index contributed by atoms with van der Waals surface area (Å²) >= 11 is 12.4. The first-order chi connectivity index (χ1) is 20.3. The maximum Gasteiger partial charge on any atom is 0.326 e. The smallest absolute Gasteiger partial charge is 0.326 e. The number of anilines is 1. The van der Waals surface area contributed by atoms with Gasteiger partial charge in [-0.3, -0.25) is 9.69 Å². The van der Waals surface area contributed by atoms with Crippen LogP contribution in [-0.2, 0) is 22.5 Å². The number of urea groups is 1. The number of H-pyrrole nitrogens is 1. The topological polar surface area (TPSA) is 113 Å². The van der Waals surface area contributed by atoms with Gasteiger partial charge in [-0.15, -0.1) is 10.2 Å². The van der Waals surface area contributed by atoms with Crippen LogP contribution < -0.4 is 5.32 Å². The van der Waals surface area contributed by atoms with Crippen molar-refractivity contribution in [2.45, 2.75) is 64.5 Å². The molecule has 0 fully saturated rings. The van der Waals surface area contributed by atoms with Crippen molar-refractivity contribution in [3.63, 3.8) is 0 Å². The number of esters is 1. The SMILES string of the molecule is CC(=O)OC(Cc1nn[nH]n1)c1ccc(CN(C(=O)Nc2cc(Cl)cc(Cl)c2)C2=CC=C(C3=CCCCC3)CC2)cc1. The molecular weight excluding hydrogens is 575 g/mol. The summed E-state index contributed by atoms with van der Waals surface area (Å²) in [6, 6.07) is 12.3. The van der Waals surface area contributed by atoms with Crippen LogP contribution in [-0.4, -0.2) is 37.5 Å². The van der Waals surface area contributed by atoms with Crippen molar-refractivity contribution in [3.05, 3.63) is 105 Å². The number of benzene rings is 2. The summed E-state index contributed by atoms with van der Waals surface area (Å²) in [5, 5.41) is 17.8. The number of aromatic nitrogens is 4. The molecule has 1 aromatic heterocycles. The van der Waals surface area contributed by atoms with Gasteiger partial charge in [-0.25, -0.2) is 4.79 Å². The molecule has 11 heteroatoms. The number of halogens is 2. The van der Waals surface area contributed by atoms with Gasteiger partial charge in [0.25, 0.3) is 0 Å². The van der Waals surface area contributed by atoms with Crippen molar-refractivity contribution >= 4 is 40.9 Å². The Labute approximate surface area is 254 Å². The highest BCUT2D eigenvalue weighted by atomic mass is 35.5. The largest absolute Gasteiger partial charge is 0.457 e. The Bertz CT molecular complexity index is 1500. The van der Waals surface area contributed by atoms with Crippen LogP contribution in [0.2, 0.25) is 10.0 Å². The van der Waals surface area contributed by atoms with Crippen molar-refractivity contribution in [2.75, 3.05) is 5.32 Å². The number of nitrogens with one attached hydrogen (secondary N) is 2. The highest BCUT2D eigenvalue weighted by Gasteiger charge is 2.23. The average molecular weight is 608 g/mol. The molecule has 0 saturated heterocycles. The summed E-state index contributed by atoms with van der Waals surface area (Å²) in [5.41, 5.74) is 5.91. The molecule has 0 spiro atoms. The maximum atomic E-state index is 13.7. The number of hydrogen-bond acceptors (Lipinski definition) is 6. The number of amides is 2. The standard InChI is InChI=1S/C31H32Cl2N6O3/c1-20(40)42-29(18-30-35-37-38-36-30)24-9-7-21(8-10-24)19-39(31(41)34-27-16-25(32)15-26(33)17-27)28-13-11-23(12-14-28)22-5-3-2-4-6-22/h5,7-11,13,15-17,29H,2-4,6,12,14,18-19H2,1H3,(H,34,41)(H,35,36,37,38). The van der Waals surface area contributed by atoms with Gasteiger partial charge in [0.2, 0.25) is 0 Å². The first kappa shape index (κ1) is 29.5. The van der Waals surface area contributed by atoms with E-state index in [4.69, 9.17) is 27.9 Å². The second-order valence-corrected chi connectivity index (χ2v) is 11.2. The van der Waals surface area contributed by atoms with E-state index in [1.54, 1.807) is 23.1 Å². The molecule has 218 valence electrons. The second-order valence-electron chi connectivity index (χ2n) is 10.4. The maximum absolute atomic E-state index is 13.7. The Kier molecular flexibility index (Phi) is 9.71. The van der Waals surface area contributed by atoms with Crippen molar-refractivity contribution in [1.82, 2.24) is 25.5 Å². The van der Waals surface area contributed by atoms with E-state index in [9.17, 15) is 9.59 Å². The molecule has 1 heterocycles. The van der Waals surface area contributed by atoms with Crippen LogP contribution in [0.25, 0.3) is 0 Å². The number of tetrazole rings is 1. The van der Waals surface area contributed by atoms with Crippen LogP contribution in [0.3, 0.4) is 0 Å². The van der Waals surface area contributed by atoms with Crippen molar-refractivity contribution in [3.8, 4) is 0 Å². The molecule has 2 aliphatic rings. The van der Waals surface area contributed by atoms with Gasteiger partial charge in [0, 0.05) is 28.4 Å². The minimum Gasteiger partial charge on any atom is -0.457 e. The molecule has 5 rings (SSSR count). The number of aromatic amines is 1. The number of carbonyl (C=O) groups is 2. The van der Waals surface area contributed by atoms with E-state index in [1.807, 2.05) is 24.3 Å². The molecule has 42 heavy (non-hydrogen) atoms. The molecular formula is C31H32Cl2N6O3. The zero-order chi connectivity index (χ0) is 29.5. The highest BCUT2D eigenvalue weighted by Crippen LogP contribution is 2.33. The number of allylic oxidation sites excluding steroid dienone is 6. The number of hydrogen-bond donors (Lipinski definition) is 2. The van der Waals surface area contributed by atoms with Crippen LogP contribution in [0.5, 0.6) is 0 Å². The van der Waals surface area contributed by atoms with Crippen molar-refractivity contribution < 1.29 is 14.3 Å². The van der Waals surface area contributed by atoms with Gasteiger partial charge in [0.05, 0.1) is 13.0 Å². The highest BCUT2D eigenvalue weighted by molar-refractivity contribution is 6.35. The summed E-state index contributed by atoms with van der Waals surface area (Å²) in [6.07, 6.45) is 12.6. The van der Waals surface area contributed by atoms with E-state index in [2.05, 4.69) is 44.2 Å². The van der Waals surface area contributed by atoms with E-state index >= 15 is 0 Å². The molecule has 0 saturated carbocycles. The summed E-state index contributed by atoms with van der Waals surface area (Å²) in [7, 11) is 0. The molecule has 0 bridgehead atoms. The normalized spacial score (nSPS) is 15.6. The zero-order valence-electron chi connectivity index (χ0n) is 23.3. The molecule has 0 radical (unpaired) electrons. The van der Waals surface area contributed by atoms with Crippen LogP contribution in [0.1, 0.15) is 68.5 Å². The predicted octanol–water partition coefficient (Wildman–Crippen LogP) is 7.49. The van der Waals surface area contributed by atoms with Gasteiger partial charge in [-0.1, -0.05) is 64.8 Å². The Morgan fingerprint density at radius 2 is 1.81 bits per heavy atom. The number of ether oxygens (including phenoxy) is 1. The molecule has 2 aliphatic carbocycles. The molecule has 1 unspecified atom stereocenters. The Morgan fingerprint density at radius 1 is 1.02 bits per heavy atom. The Morgan fingerprint density at radius 3 is 2.43 bits per heavy atom. The third-order valence-corrected chi connectivity index (χ3v) is 7.73. The molecule has 2 N–H and O–H groups in total. The third kappa shape index (κ3) is 7.86. The van der Waals surface area contributed by atoms with E-state index in [0.717, 1.165) is 42.5 Å². The molecule has 1 atom stereocenters. The van der Waals surface area contributed by atoms with Crippen LogP contribution in [0, 0.1) is 0 Å². The van der Waals surface area contributed by atoms with Gasteiger partial charge in [0.15, 0.2) is 5.82 Å². The first-order valence-electron chi connectivity index (χ1n) is 14.0. The van der Waals surface area contributed by atoms with Crippen molar-refractivity contribution in [1.29, 1.82) is 0 Å². The Hall–Kier alpha value is -3.95. The predicted molar refractivity (Wildman–Crippen MR) is 162 cm³/mol. The molecule has 2 amide bonds. The lowest BCUT2D eigenvalue weighted by Gasteiger charge is -2.29. The fourth-order valence-corrected chi connectivity index (χ4v) is 5.78. The van der Waals surface area contributed by atoms with Gasteiger partial charge >= 0.3 is 12.0 Å². The lowest BCUT2D eigenvalue weighted by molar-refractivity contribution is -0.146. The number of carbonyl (C=O) groups excluding carboxylic acids is 2. The summed E-state index contributed by atoms with van der Waals surface area (Å²) in [5.74, 6) is 0.0344. The minimum absolute atomic E-state index is 0.282. The number of nitrogens with zero attached hydrogens (tertiary/aromatic N) is 4. The average Bonchev–Trinajstić information content (AvgIpc) is 3.49. The van der Waals surface area contributed by atoms with E-state index in [0.29, 0.717) is 28.1 Å². The van der Waals surface area contributed by atoms with E-state index in [-0.39, 0.29) is 12.5 Å². The van der Waals surface area contributed by atoms with Gasteiger partial charge < -0.3 is 10.1 Å². The van der Waals surface area contributed by atoms with Gasteiger partial charge in [-0.2, -0.15) is 5.21 Å². The van der Waals surface area contributed by atoms with Crippen molar-refractivity contribution in [2.24, 2.45) is 0 Å². The van der Waals surface area contributed by atoms with Crippen LogP contribution in [0.15, 0.2) is 77.5 Å². The first-order valence-corrected chi connectivity index (χ1v) is 14.7. The summed E-state index contributed by atoms with van der Waals surface area (Å²) in [6.45, 7) is 1.70. The summed E-state index contributed by atoms with van der Waals surface area (Å²) in [4.78, 5) is 27.2. The molecule has 3 aromatic rings. The molecule has 0 aliphatic heterocycles. The second kappa shape index (κ2) is 13.8. The van der Waals surface area contributed by atoms with Gasteiger partial charge in [0.1, 0.15) is 6.10 Å².